The van der Waals surface area contributed by atoms with Crippen LogP contribution in [0.3, 0.4) is 0 Å². The molecule has 1 heterocycles. The molecule has 0 saturated carbocycles. The zero-order chi connectivity index (χ0) is 17.9. The number of hydrogen-bond acceptors (Lipinski definition) is 2. The number of anilines is 1. The zero-order valence-electron chi connectivity index (χ0n) is 13.9. The average Bonchev–Trinajstić information content (AvgIpc) is 2.96. The van der Waals surface area contributed by atoms with Crippen molar-refractivity contribution in [3.8, 4) is 5.75 Å². The van der Waals surface area contributed by atoms with Crippen molar-refractivity contribution in [1.29, 1.82) is 0 Å². The second-order valence-electron chi connectivity index (χ2n) is 6.05. The maximum atomic E-state index is 12.2. The van der Waals surface area contributed by atoms with Crippen LogP contribution in [0.25, 0.3) is 11.6 Å². The number of benzene rings is 3. The summed E-state index contributed by atoms with van der Waals surface area (Å²) in [4.78, 5) is 12.2. The van der Waals surface area contributed by atoms with E-state index >= 15 is 0 Å². The Morgan fingerprint density at radius 1 is 0.962 bits per heavy atom. The summed E-state index contributed by atoms with van der Waals surface area (Å²) < 4.78 is 5.79. The van der Waals surface area contributed by atoms with Gasteiger partial charge in [-0.05, 0) is 41.5 Å². The van der Waals surface area contributed by atoms with Gasteiger partial charge >= 0.3 is 0 Å². The highest BCUT2D eigenvalue weighted by atomic mass is 35.5. The van der Waals surface area contributed by atoms with E-state index in [0.717, 1.165) is 28.1 Å². The molecule has 0 fully saturated rings. The van der Waals surface area contributed by atoms with Crippen molar-refractivity contribution in [2.24, 2.45) is 0 Å². The molecular formula is C22H16ClNO2. The number of ether oxygens (including phenoxy) is 1. The molecular weight excluding hydrogens is 346 g/mol. The molecule has 4 rings (SSSR count). The highest BCUT2D eigenvalue weighted by Gasteiger charge is 2.23. The van der Waals surface area contributed by atoms with Gasteiger partial charge in [-0.15, -0.1) is 0 Å². The number of hydrogen-bond donors (Lipinski definition) is 1. The number of amides is 1. The van der Waals surface area contributed by atoms with Gasteiger partial charge in [0.1, 0.15) is 12.4 Å². The van der Waals surface area contributed by atoms with E-state index < -0.39 is 0 Å². The van der Waals surface area contributed by atoms with Crippen molar-refractivity contribution >= 4 is 34.8 Å². The van der Waals surface area contributed by atoms with Gasteiger partial charge in [0, 0.05) is 16.2 Å². The molecule has 1 aliphatic heterocycles. The van der Waals surface area contributed by atoms with E-state index in [4.69, 9.17) is 16.3 Å². The van der Waals surface area contributed by atoms with E-state index in [1.54, 1.807) is 12.1 Å². The molecule has 26 heavy (non-hydrogen) atoms. The fraction of sp³-hybridized carbons (Fsp3) is 0.0455. The van der Waals surface area contributed by atoms with Crippen molar-refractivity contribution in [2.45, 2.75) is 6.61 Å². The van der Waals surface area contributed by atoms with Crippen molar-refractivity contribution in [3.05, 3.63) is 94.5 Å². The van der Waals surface area contributed by atoms with Crippen LogP contribution in [0.4, 0.5) is 5.69 Å². The largest absolute Gasteiger partial charge is 0.489 e. The van der Waals surface area contributed by atoms with E-state index in [0.29, 0.717) is 17.2 Å². The highest BCUT2D eigenvalue weighted by Crippen LogP contribution is 2.35. The number of rotatable bonds is 4. The average molecular weight is 362 g/mol. The molecule has 1 aliphatic rings. The summed E-state index contributed by atoms with van der Waals surface area (Å²) in [5.74, 6) is 0.672. The third-order valence-electron chi connectivity index (χ3n) is 4.20. The van der Waals surface area contributed by atoms with Gasteiger partial charge in [0.05, 0.1) is 5.69 Å². The Bertz CT molecular complexity index is 979. The smallest absolute Gasteiger partial charge is 0.256 e. The summed E-state index contributed by atoms with van der Waals surface area (Å²) in [7, 11) is 0. The lowest BCUT2D eigenvalue weighted by Crippen LogP contribution is -2.03. The molecule has 0 spiro atoms. The normalized spacial score (nSPS) is 14.2. The van der Waals surface area contributed by atoms with Gasteiger partial charge in [-0.2, -0.15) is 0 Å². The first kappa shape index (κ1) is 16.4. The van der Waals surface area contributed by atoms with Gasteiger partial charge in [0.25, 0.3) is 5.91 Å². The fourth-order valence-corrected chi connectivity index (χ4v) is 3.05. The lowest BCUT2D eigenvalue weighted by Gasteiger charge is -2.06. The molecule has 0 unspecified atom stereocenters. The molecule has 1 amide bonds. The van der Waals surface area contributed by atoms with Crippen molar-refractivity contribution in [1.82, 2.24) is 0 Å². The first-order chi connectivity index (χ1) is 12.7. The van der Waals surface area contributed by atoms with Gasteiger partial charge in [0.15, 0.2) is 0 Å². The maximum Gasteiger partial charge on any atom is 0.256 e. The van der Waals surface area contributed by atoms with E-state index in [9.17, 15) is 4.79 Å². The van der Waals surface area contributed by atoms with Crippen LogP contribution in [-0.4, -0.2) is 5.91 Å². The molecule has 0 aromatic heterocycles. The van der Waals surface area contributed by atoms with Crippen LogP contribution in [-0.2, 0) is 11.4 Å². The first-order valence-electron chi connectivity index (χ1n) is 8.29. The number of halogens is 1. The van der Waals surface area contributed by atoms with E-state index in [2.05, 4.69) is 5.32 Å². The fourth-order valence-electron chi connectivity index (χ4n) is 2.88. The molecule has 0 saturated heterocycles. The summed E-state index contributed by atoms with van der Waals surface area (Å²) in [5, 5.41) is 3.44. The van der Waals surface area contributed by atoms with Gasteiger partial charge in [-0.1, -0.05) is 60.1 Å². The molecule has 3 nitrogen and oxygen atoms in total. The molecule has 128 valence electrons. The molecule has 3 aromatic carbocycles. The summed E-state index contributed by atoms with van der Waals surface area (Å²) in [6.07, 6.45) is 1.87. The number of fused-ring (bicyclic) bond motifs is 1. The predicted molar refractivity (Wildman–Crippen MR) is 105 cm³/mol. The third kappa shape index (κ3) is 3.48. The van der Waals surface area contributed by atoms with Gasteiger partial charge in [-0.25, -0.2) is 0 Å². The van der Waals surface area contributed by atoms with Crippen LogP contribution < -0.4 is 10.1 Å². The molecule has 3 aromatic rings. The Kier molecular flexibility index (Phi) is 4.46. The maximum absolute atomic E-state index is 12.2. The summed E-state index contributed by atoms with van der Waals surface area (Å²) in [6.45, 7) is 0.526. The highest BCUT2D eigenvalue weighted by molar-refractivity contribution is 6.36. The van der Waals surface area contributed by atoms with Gasteiger partial charge in [0.2, 0.25) is 0 Å². The molecule has 4 heteroatoms. The van der Waals surface area contributed by atoms with E-state index in [1.807, 2.05) is 66.7 Å². The number of nitrogens with one attached hydrogen (secondary N) is 1. The molecule has 0 aliphatic carbocycles. The monoisotopic (exact) mass is 361 g/mol. The number of carbonyl (C=O) groups is 1. The van der Waals surface area contributed by atoms with Crippen LogP contribution in [0.2, 0.25) is 5.02 Å². The Balaban J connectivity index is 1.51. The second kappa shape index (κ2) is 7.06. The lowest BCUT2D eigenvalue weighted by molar-refractivity contribution is -0.110. The minimum atomic E-state index is -0.119. The standard InChI is InChI=1S/C22H16ClNO2/c23-17-8-11-19-20(22(25)24-21(19)13-17)12-15-6-9-18(10-7-15)26-14-16-4-2-1-3-5-16/h1-13H,14H2,(H,24,25)/b20-12-. The number of carbonyl (C=O) groups excluding carboxylic acids is 1. The molecule has 1 N–H and O–H groups in total. The van der Waals surface area contributed by atoms with E-state index in [1.165, 1.54) is 0 Å². The van der Waals surface area contributed by atoms with Crippen LogP contribution in [0.1, 0.15) is 16.7 Å². The van der Waals surface area contributed by atoms with Crippen molar-refractivity contribution in [3.63, 3.8) is 0 Å². The Morgan fingerprint density at radius 3 is 2.50 bits per heavy atom. The summed E-state index contributed by atoms with van der Waals surface area (Å²) >= 11 is 5.99. The van der Waals surface area contributed by atoms with Crippen molar-refractivity contribution in [2.75, 3.05) is 5.32 Å². The third-order valence-corrected chi connectivity index (χ3v) is 4.44. The quantitative estimate of drug-likeness (QED) is 0.631. The minimum absolute atomic E-state index is 0.119. The lowest BCUT2D eigenvalue weighted by atomic mass is 10.0. The SMILES string of the molecule is O=C1Nc2cc(Cl)ccc2/C1=C/c1ccc(OCc2ccccc2)cc1. The molecule has 0 atom stereocenters. The van der Waals surface area contributed by atoms with Crippen molar-refractivity contribution < 1.29 is 9.53 Å². The Hall–Kier alpha value is -3.04. The topological polar surface area (TPSA) is 38.3 Å². The summed E-state index contributed by atoms with van der Waals surface area (Å²) in [6, 6.07) is 23.1. The Morgan fingerprint density at radius 2 is 1.73 bits per heavy atom. The minimum Gasteiger partial charge on any atom is -0.489 e. The first-order valence-corrected chi connectivity index (χ1v) is 8.66. The van der Waals surface area contributed by atoms with Gasteiger partial charge < -0.3 is 10.1 Å². The summed E-state index contributed by atoms with van der Waals surface area (Å²) in [5.41, 5.74) is 4.30. The van der Waals surface area contributed by atoms with Gasteiger partial charge in [-0.3, -0.25) is 4.79 Å². The van der Waals surface area contributed by atoms with E-state index in [-0.39, 0.29) is 5.91 Å². The van der Waals surface area contributed by atoms with Crippen LogP contribution in [0.5, 0.6) is 5.75 Å². The second-order valence-corrected chi connectivity index (χ2v) is 6.48. The van der Waals surface area contributed by atoms with Crippen LogP contribution in [0.15, 0.2) is 72.8 Å². The zero-order valence-corrected chi connectivity index (χ0v) is 14.7. The molecule has 0 radical (unpaired) electrons. The van der Waals surface area contributed by atoms with Crippen LogP contribution in [0, 0.1) is 0 Å². The predicted octanol–water partition coefficient (Wildman–Crippen LogP) is 5.41. The molecule has 0 bridgehead atoms. The Labute approximate surface area is 156 Å². The van der Waals surface area contributed by atoms with Crippen LogP contribution >= 0.6 is 11.6 Å².